The first-order valence-corrected chi connectivity index (χ1v) is 9.63. The number of aryl methyl sites for hydroxylation is 1. The van der Waals surface area contributed by atoms with Crippen LogP contribution in [-0.2, 0) is 17.8 Å². The van der Waals surface area contributed by atoms with Gasteiger partial charge in [-0.05, 0) is 55.1 Å². The van der Waals surface area contributed by atoms with E-state index in [1.165, 1.54) is 24.3 Å². The number of carbonyl (C=O) groups excluding carboxylic acids is 1. The molecule has 2 aromatic carbocycles. The smallest absolute Gasteiger partial charge is 0.387 e. The van der Waals surface area contributed by atoms with Crippen LogP contribution in [0.1, 0.15) is 35.6 Å². The van der Waals surface area contributed by atoms with Gasteiger partial charge in [-0.1, -0.05) is 30.3 Å². The summed E-state index contributed by atoms with van der Waals surface area (Å²) in [6.07, 6.45) is 3.05. The molecule has 3 rings (SSSR count). The lowest BCUT2D eigenvalue weighted by molar-refractivity contribution is -0.122. The number of methoxy groups -OCH3 is 1. The van der Waals surface area contributed by atoms with Crippen LogP contribution < -0.4 is 14.8 Å². The molecule has 0 radical (unpaired) electrons. The minimum Gasteiger partial charge on any atom is -0.493 e. The fraction of sp³-hybridized carbons (Fsp3) is 0.409. The van der Waals surface area contributed by atoms with Crippen molar-refractivity contribution in [1.29, 1.82) is 0 Å². The molecule has 2 aromatic rings. The van der Waals surface area contributed by atoms with Crippen molar-refractivity contribution in [3.63, 3.8) is 0 Å². The Hall–Kier alpha value is -2.67. The molecule has 156 valence electrons. The molecule has 1 amide bonds. The Morgan fingerprint density at radius 3 is 2.79 bits per heavy atom. The lowest BCUT2D eigenvalue weighted by Crippen LogP contribution is -2.38. The number of nitrogens with zero attached hydrogens (tertiary/aromatic N) is 1. The Balaban J connectivity index is 1.57. The van der Waals surface area contributed by atoms with Gasteiger partial charge in [0.15, 0.2) is 11.5 Å². The van der Waals surface area contributed by atoms with Crippen LogP contribution in [-0.4, -0.2) is 38.1 Å². The summed E-state index contributed by atoms with van der Waals surface area (Å²) in [7, 11) is 3.24. The highest BCUT2D eigenvalue weighted by Gasteiger charge is 2.22. The number of halogens is 2. The summed E-state index contributed by atoms with van der Waals surface area (Å²) in [5, 5.41) is 3.14. The van der Waals surface area contributed by atoms with Crippen LogP contribution in [0.2, 0.25) is 0 Å². The molecular formula is C22H26F2N2O3. The molecule has 1 aliphatic carbocycles. The second kappa shape index (κ2) is 9.69. The van der Waals surface area contributed by atoms with Crippen LogP contribution >= 0.6 is 0 Å². The normalized spacial score (nSPS) is 15.9. The van der Waals surface area contributed by atoms with Crippen LogP contribution in [0, 0.1) is 0 Å². The average molecular weight is 404 g/mol. The van der Waals surface area contributed by atoms with Crippen LogP contribution in [0.4, 0.5) is 8.78 Å². The molecule has 0 aliphatic heterocycles. The van der Waals surface area contributed by atoms with Crippen molar-refractivity contribution in [2.24, 2.45) is 0 Å². The molecular weight excluding hydrogens is 378 g/mol. The molecule has 0 fully saturated rings. The standard InChI is InChI=1S/C22H26F2N2O3/c1-26(13-15-10-11-19(29-22(23)24)20(12-15)28-2)14-21(27)25-18-9-5-7-16-6-3-4-8-17(16)18/h3-4,6,8,10-12,18,22H,5,7,9,13-14H2,1-2H3,(H,25,27)/t18-/m1/s1. The van der Waals surface area contributed by atoms with Crippen LogP contribution in [0.5, 0.6) is 11.5 Å². The van der Waals surface area contributed by atoms with Crippen molar-refractivity contribution in [2.75, 3.05) is 20.7 Å². The quantitative estimate of drug-likeness (QED) is 0.725. The Morgan fingerprint density at radius 2 is 2.03 bits per heavy atom. The SMILES string of the molecule is COc1cc(CN(C)CC(=O)N[C@@H]2CCCc3ccccc32)ccc1OC(F)F. The maximum Gasteiger partial charge on any atom is 0.387 e. The van der Waals surface area contributed by atoms with E-state index >= 15 is 0 Å². The number of carbonyl (C=O) groups is 1. The Kier molecular flexibility index (Phi) is 7.04. The van der Waals surface area contributed by atoms with Crippen molar-refractivity contribution < 1.29 is 23.0 Å². The van der Waals surface area contributed by atoms with E-state index < -0.39 is 6.61 Å². The topological polar surface area (TPSA) is 50.8 Å². The van der Waals surface area contributed by atoms with Crippen molar-refractivity contribution in [3.8, 4) is 11.5 Å². The maximum absolute atomic E-state index is 12.5. The van der Waals surface area contributed by atoms with E-state index in [9.17, 15) is 13.6 Å². The van der Waals surface area contributed by atoms with E-state index in [1.54, 1.807) is 12.1 Å². The van der Waals surface area contributed by atoms with E-state index in [2.05, 4.69) is 22.2 Å². The number of amides is 1. The third kappa shape index (κ3) is 5.67. The molecule has 29 heavy (non-hydrogen) atoms. The highest BCUT2D eigenvalue weighted by atomic mass is 19.3. The molecule has 0 aromatic heterocycles. The number of rotatable bonds is 8. The van der Waals surface area contributed by atoms with E-state index in [0.717, 1.165) is 24.8 Å². The van der Waals surface area contributed by atoms with Crippen molar-refractivity contribution >= 4 is 5.91 Å². The summed E-state index contributed by atoms with van der Waals surface area (Å²) in [6.45, 7) is -2.21. The highest BCUT2D eigenvalue weighted by molar-refractivity contribution is 5.78. The molecule has 0 saturated carbocycles. The van der Waals surface area contributed by atoms with Gasteiger partial charge in [-0.2, -0.15) is 8.78 Å². The van der Waals surface area contributed by atoms with Crippen LogP contribution in [0.3, 0.4) is 0 Å². The summed E-state index contributed by atoms with van der Waals surface area (Å²) in [4.78, 5) is 14.4. The summed E-state index contributed by atoms with van der Waals surface area (Å²) >= 11 is 0. The second-order valence-corrected chi connectivity index (χ2v) is 7.25. The summed E-state index contributed by atoms with van der Waals surface area (Å²) in [5.74, 6) is 0.181. The molecule has 0 heterocycles. The monoisotopic (exact) mass is 404 g/mol. The molecule has 1 N–H and O–H groups in total. The number of likely N-dealkylation sites (N-methyl/N-ethyl adjacent to an activating group) is 1. The lowest BCUT2D eigenvalue weighted by atomic mass is 9.88. The number of hydrogen-bond acceptors (Lipinski definition) is 4. The summed E-state index contributed by atoms with van der Waals surface area (Å²) in [5.41, 5.74) is 3.34. The molecule has 0 saturated heterocycles. The zero-order valence-corrected chi connectivity index (χ0v) is 16.7. The zero-order valence-electron chi connectivity index (χ0n) is 16.7. The van der Waals surface area contributed by atoms with Gasteiger partial charge in [-0.3, -0.25) is 9.69 Å². The van der Waals surface area contributed by atoms with Gasteiger partial charge in [0, 0.05) is 6.54 Å². The fourth-order valence-corrected chi connectivity index (χ4v) is 3.76. The van der Waals surface area contributed by atoms with Crippen LogP contribution in [0.15, 0.2) is 42.5 Å². The Bertz CT molecular complexity index is 845. The molecule has 1 atom stereocenters. The van der Waals surface area contributed by atoms with Gasteiger partial charge in [-0.25, -0.2) is 0 Å². The van der Waals surface area contributed by atoms with Crippen molar-refractivity contribution in [1.82, 2.24) is 10.2 Å². The molecule has 0 bridgehead atoms. The van der Waals surface area contributed by atoms with Gasteiger partial charge in [0.2, 0.25) is 5.91 Å². The van der Waals surface area contributed by atoms with Gasteiger partial charge in [-0.15, -0.1) is 0 Å². The van der Waals surface area contributed by atoms with Crippen molar-refractivity contribution in [3.05, 3.63) is 59.2 Å². The number of benzene rings is 2. The van der Waals surface area contributed by atoms with Gasteiger partial charge in [0.25, 0.3) is 0 Å². The molecule has 7 heteroatoms. The molecule has 5 nitrogen and oxygen atoms in total. The first-order chi connectivity index (χ1) is 14.0. The van der Waals surface area contributed by atoms with Gasteiger partial charge in [0.05, 0.1) is 19.7 Å². The number of ether oxygens (including phenoxy) is 2. The van der Waals surface area contributed by atoms with Gasteiger partial charge < -0.3 is 14.8 Å². The third-order valence-electron chi connectivity index (χ3n) is 5.01. The predicted molar refractivity (Wildman–Crippen MR) is 106 cm³/mol. The van der Waals surface area contributed by atoms with Gasteiger partial charge >= 0.3 is 6.61 Å². The Morgan fingerprint density at radius 1 is 1.24 bits per heavy atom. The van der Waals surface area contributed by atoms with E-state index in [1.807, 2.05) is 24.1 Å². The fourth-order valence-electron chi connectivity index (χ4n) is 3.76. The average Bonchev–Trinajstić information content (AvgIpc) is 2.69. The molecule has 0 spiro atoms. The van der Waals surface area contributed by atoms with E-state index in [0.29, 0.717) is 6.54 Å². The predicted octanol–water partition coefficient (Wildman–Crippen LogP) is 3.92. The number of hydrogen-bond donors (Lipinski definition) is 1. The lowest BCUT2D eigenvalue weighted by Gasteiger charge is -2.27. The van der Waals surface area contributed by atoms with Crippen molar-refractivity contribution in [2.45, 2.75) is 38.5 Å². The first-order valence-electron chi connectivity index (χ1n) is 9.63. The zero-order chi connectivity index (χ0) is 20.8. The number of nitrogens with one attached hydrogen (secondary N) is 1. The van der Waals surface area contributed by atoms with E-state index in [4.69, 9.17) is 4.74 Å². The van der Waals surface area contributed by atoms with E-state index in [-0.39, 0.29) is 30.0 Å². The van der Waals surface area contributed by atoms with Crippen LogP contribution in [0.25, 0.3) is 0 Å². The minimum atomic E-state index is -2.91. The number of alkyl halides is 2. The second-order valence-electron chi connectivity index (χ2n) is 7.25. The molecule has 0 unspecified atom stereocenters. The maximum atomic E-state index is 12.5. The summed E-state index contributed by atoms with van der Waals surface area (Å²) < 4.78 is 34.5. The first kappa shape index (κ1) is 21.0. The minimum absolute atomic E-state index is 0.0115. The third-order valence-corrected chi connectivity index (χ3v) is 5.01. The highest BCUT2D eigenvalue weighted by Crippen LogP contribution is 2.30. The number of fused-ring (bicyclic) bond motifs is 1. The largest absolute Gasteiger partial charge is 0.493 e. The molecule has 1 aliphatic rings. The van der Waals surface area contributed by atoms with Gasteiger partial charge in [0.1, 0.15) is 0 Å². The summed E-state index contributed by atoms with van der Waals surface area (Å²) in [6, 6.07) is 13.1. The Labute approximate surface area is 169 Å².